The Labute approximate surface area is 151 Å². The fourth-order valence-corrected chi connectivity index (χ4v) is 2.67. The number of carbonyl (C=O) groups is 2. The molecule has 1 fully saturated rings. The first-order valence-corrected chi connectivity index (χ1v) is 8.35. The number of rotatable bonds is 4. The van der Waals surface area contributed by atoms with Crippen molar-refractivity contribution in [3.63, 3.8) is 0 Å². The Morgan fingerprint density at radius 1 is 1.38 bits per heavy atom. The van der Waals surface area contributed by atoms with Crippen LogP contribution >= 0.6 is 23.2 Å². The maximum atomic E-state index is 13.9. The van der Waals surface area contributed by atoms with Gasteiger partial charge < -0.3 is 9.47 Å². The molecule has 0 heterocycles. The van der Waals surface area contributed by atoms with Gasteiger partial charge in [0.1, 0.15) is 0 Å². The van der Waals surface area contributed by atoms with E-state index in [-0.39, 0.29) is 13.0 Å². The summed E-state index contributed by atoms with van der Waals surface area (Å²) >= 11 is 11.5. The molecule has 0 radical (unpaired) electrons. The van der Waals surface area contributed by atoms with Crippen molar-refractivity contribution in [2.75, 3.05) is 13.7 Å². The Morgan fingerprint density at radius 2 is 2.04 bits per heavy atom. The molecule has 0 amide bonds. The van der Waals surface area contributed by atoms with Gasteiger partial charge in [-0.1, -0.05) is 36.2 Å². The van der Waals surface area contributed by atoms with E-state index in [9.17, 15) is 14.0 Å². The van der Waals surface area contributed by atoms with Gasteiger partial charge in [-0.2, -0.15) is 0 Å². The summed E-state index contributed by atoms with van der Waals surface area (Å²) in [6.45, 7) is 3.81. The lowest BCUT2D eigenvalue weighted by Gasteiger charge is -2.20. The average Bonchev–Trinajstić information content (AvgIpc) is 2.81. The number of halogens is 3. The predicted molar refractivity (Wildman–Crippen MR) is 91.1 cm³/mol. The first-order valence-electron chi connectivity index (χ1n) is 7.59. The van der Waals surface area contributed by atoms with Gasteiger partial charge in [-0.3, -0.25) is 4.79 Å². The van der Waals surface area contributed by atoms with Gasteiger partial charge >= 0.3 is 5.97 Å². The van der Waals surface area contributed by atoms with Crippen LogP contribution in [0.15, 0.2) is 18.2 Å². The number of ketones is 1. The Bertz CT molecular complexity index is 594. The van der Waals surface area contributed by atoms with Crippen molar-refractivity contribution in [2.45, 2.75) is 39.0 Å². The minimum Gasteiger partial charge on any atom is -0.463 e. The highest BCUT2D eigenvalue weighted by Crippen LogP contribution is 2.36. The van der Waals surface area contributed by atoms with Crippen LogP contribution in [0.2, 0.25) is 10.0 Å². The molecule has 0 saturated heterocycles. The monoisotopic (exact) mass is 378 g/mol. The molecule has 0 N–H and O–H groups in total. The van der Waals surface area contributed by atoms with E-state index in [2.05, 4.69) is 4.74 Å². The molecule has 1 unspecified atom stereocenters. The van der Waals surface area contributed by atoms with Gasteiger partial charge in [-0.25, -0.2) is 9.18 Å². The molecule has 7 heteroatoms. The van der Waals surface area contributed by atoms with Crippen LogP contribution in [-0.2, 0) is 25.7 Å². The summed E-state index contributed by atoms with van der Waals surface area (Å²) < 4.78 is 23.3. The third-order valence-corrected chi connectivity index (χ3v) is 4.50. The molecular weight excluding hydrogens is 358 g/mol. The minimum absolute atomic E-state index is 0.102. The van der Waals surface area contributed by atoms with Gasteiger partial charge in [-0.15, -0.1) is 0 Å². The van der Waals surface area contributed by atoms with Crippen LogP contribution in [0.4, 0.5) is 4.39 Å². The zero-order chi connectivity index (χ0) is 18.3. The zero-order valence-corrected chi connectivity index (χ0v) is 15.4. The number of Topliss-reactive ketones (excluding diaryl/α,β-unsaturated/α-hetero) is 1. The van der Waals surface area contributed by atoms with E-state index in [0.29, 0.717) is 23.1 Å². The SMILES string of the molecule is CCOC(=O)[C@]1(F)C(=O)CCC1C.COCc1ccc(Cl)c(Cl)c1. The lowest BCUT2D eigenvalue weighted by Crippen LogP contribution is -2.44. The Morgan fingerprint density at radius 3 is 2.50 bits per heavy atom. The summed E-state index contributed by atoms with van der Waals surface area (Å²) in [5.74, 6) is -2.22. The number of esters is 1. The maximum Gasteiger partial charge on any atom is 0.352 e. The molecule has 0 spiro atoms. The number of benzene rings is 1. The largest absolute Gasteiger partial charge is 0.463 e. The van der Waals surface area contributed by atoms with Crippen molar-refractivity contribution in [1.82, 2.24) is 0 Å². The summed E-state index contributed by atoms with van der Waals surface area (Å²) in [4.78, 5) is 22.3. The molecule has 0 bridgehead atoms. The second-order valence-electron chi connectivity index (χ2n) is 5.48. The molecule has 2 rings (SSSR count). The third-order valence-electron chi connectivity index (χ3n) is 3.76. The van der Waals surface area contributed by atoms with E-state index in [4.69, 9.17) is 27.9 Å². The van der Waals surface area contributed by atoms with Crippen molar-refractivity contribution in [2.24, 2.45) is 5.92 Å². The molecule has 1 aliphatic carbocycles. The molecule has 0 aliphatic heterocycles. The lowest BCUT2D eigenvalue weighted by atomic mass is 9.94. The maximum absolute atomic E-state index is 13.9. The summed E-state index contributed by atoms with van der Waals surface area (Å²) in [5.41, 5.74) is -1.35. The first kappa shape index (κ1) is 20.9. The topological polar surface area (TPSA) is 52.6 Å². The van der Waals surface area contributed by atoms with Crippen LogP contribution in [-0.4, -0.2) is 31.1 Å². The van der Waals surface area contributed by atoms with Crippen LogP contribution < -0.4 is 0 Å². The van der Waals surface area contributed by atoms with E-state index in [1.54, 1.807) is 33.1 Å². The standard InChI is InChI=1S/C9H13FO3.C8H8Cl2O/c1-3-13-8(12)9(10)6(2)4-5-7(9)11;1-11-5-6-2-3-7(9)8(10)4-6/h6H,3-5H2,1-2H3;2-4H,5H2,1H3/t6?,9-;/m1./s1. The van der Waals surface area contributed by atoms with Crippen LogP contribution in [0, 0.1) is 5.92 Å². The van der Waals surface area contributed by atoms with E-state index < -0.39 is 23.3 Å². The number of hydrogen-bond acceptors (Lipinski definition) is 4. The molecular formula is C17H21Cl2FO4. The van der Waals surface area contributed by atoms with E-state index in [1.165, 1.54) is 0 Å². The highest BCUT2D eigenvalue weighted by Gasteiger charge is 2.55. The van der Waals surface area contributed by atoms with Crippen molar-refractivity contribution in [1.29, 1.82) is 0 Å². The summed E-state index contributed by atoms with van der Waals surface area (Å²) in [7, 11) is 1.64. The molecule has 134 valence electrons. The normalized spacial score (nSPS) is 22.8. The first-order chi connectivity index (χ1) is 11.3. The molecule has 0 aromatic heterocycles. The Kier molecular flexibility index (Phi) is 8.13. The van der Waals surface area contributed by atoms with Gasteiger partial charge in [0.25, 0.3) is 5.67 Å². The Balaban J connectivity index is 0.000000243. The molecule has 1 aromatic rings. The van der Waals surface area contributed by atoms with Crippen molar-refractivity contribution in [3.05, 3.63) is 33.8 Å². The number of carbonyl (C=O) groups excluding carboxylic acids is 2. The fraction of sp³-hybridized carbons (Fsp3) is 0.529. The Hall–Kier alpha value is -1.17. The number of alkyl halides is 1. The second kappa shape index (κ2) is 9.35. The molecule has 1 saturated carbocycles. The predicted octanol–water partition coefficient (Wildman–Crippen LogP) is 4.40. The van der Waals surface area contributed by atoms with Gasteiger partial charge in [-0.05, 0) is 31.0 Å². The highest BCUT2D eigenvalue weighted by molar-refractivity contribution is 6.42. The minimum atomic E-state index is -2.38. The smallest absolute Gasteiger partial charge is 0.352 e. The van der Waals surface area contributed by atoms with Gasteiger partial charge in [0.15, 0.2) is 5.78 Å². The van der Waals surface area contributed by atoms with Crippen molar-refractivity contribution >= 4 is 35.0 Å². The molecule has 24 heavy (non-hydrogen) atoms. The van der Waals surface area contributed by atoms with Gasteiger partial charge in [0, 0.05) is 19.4 Å². The van der Waals surface area contributed by atoms with Gasteiger partial charge in [0.05, 0.1) is 23.3 Å². The van der Waals surface area contributed by atoms with Crippen LogP contribution in [0.3, 0.4) is 0 Å². The number of methoxy groups -OCH3 is 1. The zero-order valence-electron chi connectivity index (χ0n) is 13.9. The molecule has 1 aromatic carbocycles. The van der Waals surface area contributed by atoms with Crippen LogP contribution in [0.5, 0.6) is 0 Å². The fourth-order valence-electron chi connectivity index (χ4n) is 2.35. The molecule has 2 atom stereocenters. The second-order valence-corrected chi connectivity index (χ2v) is 6.29. The lowest BCUT2D eigenvalue weighted by molar-refractivity contribution is -0.163. The third kappa shape index (κ3) is 4.91. The van der Waals surface area contributed by atoms with Crippen molar-refractivity contribution < 1.29 is 23.5 Å². The number of hydrogen-bond donors (Lipinski definition) is 0. The quantitative estimate of drug-likeness (QED) is 0.575. The summed E-state index contributed by atoms with van der Waals surface area (Å²) in [6.07, 6.45) is 0.560. The average molecular weight is 379 g/mol. The summed E-state index contributed by atoms with van der Waals surface area (Å²) in [6, 6.07) is 5.45. The molecule has 1 aliphatic rings. The number of ether oxygens (including phenoxy) is 2. The van der Waals surface area contributed by atoms with Gasteiger partial charge in [0.2, 0.25) is 0 Å². The van der Waals surface area contributed by atoms with E-state index in [1.807, 2.05) is 6.07 Å². The highest BCUT2D eigenvalue weighted by atomic mass is 35.5. The van der Waals surface area contributed by atoms with Crippen molar-refractivity contribution in [3.8, 4) is 0 Å². The van der Waals surface area contributed by atoms with E-state index in [0.717, 1.165) is 5.56 Å². The van der Waals surface area contributed by atoms with Crippen LogP contribution in [0.25, 0.3) is 0 Å². The van der Waals surface area contributed by atoms with Crippen LogP contribution in [0.1, 0.15) is 32.3 Å². The summed E-state index contributed by atoms with van der Waals surface area (Å²) in [5, 5.41) is 1.15. The van der Waals surface area contributed by atoms with E-state index >= 15 is 0 Å². The molecule has 4 nitrogen and oxygen atoms in total.